The number of aromatic hydroxyl groups is 1. The first kappa shape index (κ1) is 11.7. The van der Waals surface area contributed by atoms with E-state index >= 15 is 0 Å². The number of hydrogen-bond acceptors (Lipinski definition) is 3. The molecule has 2 aromatic heterocycles. The molecule has 0 saturated carbocycles. The van der Waals surface area contributed by atoms with Gasteiger partial charge in [0.05, 0.1) is 5.69 Å². The highest BCUT2D eigenvalue weighted by Crippen LogP contribution is 2.16. The standard InChI is InChI=1S/C15H15N3O/c16-9-13-4-2-6-15-17-12(10-18(13)15)7-11-3-1-5-14(19)8-11/h1-6,8,10,19H,7,9,16H2. The molecule has 1 aromatic carbocycles. The number of phenolic OH excluding ortho intramolecular Hbond substituents is 1. The summed E-state index contributed by atoms with van der Waals surface area (Å²) in [6, 6.07) is 13.2. The fourth-order valence-electron chi connectivity index (χ4n) is 2.25. The molecule has 0 bridgehead atoms. The van der Waals surface area contributed by atoms with Gasteiger partial charge < -0.3 is 15.2 Å². The molecule has 0 unspecified atom stereocenters. The Kier molecular flexibility index (Phi) is 2.93. The first-order valence-electron chi connectivity index (χ1n) is 6.20. The van der Waals surface area contributed by atoms with Gasteiger partial charge in [0.1, 0.15) is 11.4 Å². The maximum atomic E-state index is 9.47. The van der Waals surface area contributed by atoms with Crippen molar-refractivity contribution in [2.45, 2.75) is 13.0 Å². The van der Waals surface area contributed by atoms with Crippen LogP contribution < -0.4 is 5.73 Å². The molecule has 3 N–H and O–H groups in total. The van der Waals surface area contributed by atoms with Crippen molar-refractivity contribution in [2.24, 2.45) is 5.73 Å². The molecule has 0 saturated heterocycles. The van der Waals surface area contributed by atoms with E-state index < -0.39 is 0 Å². The van der Waals surface area contributed by atoms with Crippen molar-refractivity contribution in [1.82, 2.24) is 9.38 Å². The smallest absolute Gasteiger partial charge is 0.137 e. The molecule has 96 valence electrons. The van der Waals surface area contributed by atoms with Crippen LogP contribution >= 0.6 is 0 Å². The zero-order valence-electron chi connectivity index (χ0n) is 10.5. The molecule has 19 heavy (non-hydrogen) atoms. The minimum atomic E-state index is 0.281. The highest BCUT2D eigenvalue weighted by Gasteiger charge is 2.05. The number of rotatable bonds is 3. The Morgan fingerprint density at radius 3 is 2.79 bits per heavy atom. The Balaban J connectivity index is 1.98. The summed E-state index contributed by atoms with van der Waals surface area (Å²) in [5.74, 6) is 0.281. The van der Waals surface area contributed by atoms with Gasteiger partial charge in [0.25, 0.3) is 0 Å². The molecule has 0 atom stereocenters. The molecule has 0 aliphatic carbocycles. The first-order chi connectivity index (χ1) is 9.26. The van der Waals surface area contributed by atoms with Crippen LogP contribution in [-0.4, -0.2) is 14.5 Å². The van der Waals surface area contributed by atoms with Crippen molar-refractivity contribution >= 4 is 5.65 Å². The van der Waals surface area contributed by atoms with E-state index in [4.69, 9.17) is 5.73 Å². The van der Waals surface area contributed by atoms with Crippen LogP contribution in [-0.2, 0) is 13.0 Å². The van der Waals surface area contributed by atoms with Crippen molar-refractivity contribution in [2.75, 3.05) is 0 Å². The number of benzene rings is 1. The molecule has 2 heterocycles. The molecule has 0 amide bonds. The minimum absolute atomic E-state index is 0.281. The predicted molar refractivity (Wildman–Crippen MR) is 74.0 cm³/mol. The van der Waals surface area contributed by atoms with Gasteiger partial charge in [-0.25, -0.2) is 4.98 Å². The summed E-state index contributed by atoms with van der Waals surface area (Å²) in [7, 11) is 0. The Morgan fingerprint density at radius 1 is 1.16 bits per heavy atom. The van der Waals surface area contributed by atoms with Crippen molar-refractivity contribution in [3.05, 3.63) is 65.6 Å². The van der Waals surface area contributed by atoms with Crippen LogP contribution in [0.3, 0.4) is 0 Å². The third-order valence-corrected chi connectivity index (χ3v) is 3.13. The second-order valence-corrected chi connectivity index (χ2v) is 4.53. The lowest BCUT2D eigenvalue weighted by Gasteiger charge is -2.00. The molecule has 0 radical (unpaired) electrons. The first-order valence-corrected chi connectivity index (χ1v) is 6.20. The summed E-state index contributed by atoms with van der Waals surface area (Å²) in [4.78, 5) is 4.57. The average molecular weight is 253 g/mol. The highest BCUT2D eigenvalue weighted by atomic mass is 16.3. The van der Waals surface area contributed by atoms with Crippen LogP contribution in [0.5, 0.6) is 5.75 Å². The van der Waals surface area contributed by atoms with Crippen LogP contribution in [0.15, 0.2) is 48.7 Å². The number of fused-ring (bicyclic) bond motifs is 1. The number of hydrogen-bond donors (Lipinski definition) is 2. The number of pyridine rings is 1. The van der Waals surface area contributed by atoms with Crippen LogP contribution in [0.25, 0.3) is 5.65 Å². The summed E-state index contributed by atoms with van der Waals surface area (Å²) in [6.45, 7) is 0.485. The second kappa shape index (κ2) is 4.74. The molecule has 3 rings (SSSR count). The number of phenols is 1. The third kappa shape index (κ3) is 2.30. The van der Waals surface area contributed by atoms with E-state index in [1.807, 2.05) is 40.9 Å². The second-order valence-electron chi connectivity index (χ2n) is 4.53. The lowest BCUT2D eigenvalue weighted by atomic mass is 10.1. The third-order valence-electron chi connectivity index (χ3n) is 3.13. The Labute approximate surface area is 111 Å². The van der Waals surface area contributed by atoms with Crippen molar-refractivity contribution < 1.29 is 5.11 Å². The molecule has 4 nitrogen and oxygen atoms in total. The fourth-order valence-corrected chi connectivity index (χ4v) is 2.25. The molecule has 0 aliphatic heterocycles. The molecule has 0 fully saturated rings. The summed E-state index contributed by atoms with van der Waals surface area (Å²) >= 11 is 0. The van der Waals surface area contributed by atoms with E-state index in [0.29, 0.717) is 13.0 Å². The highest BCUT2D eigenvalue weighted by molar-refractivity contribution is 5.43. The topological polar surface area (TPSA) is 63.5 Å². The van der Waals surface area contributed by atoms with Gasteiger partial charge in [-0.1, -0.05) is 18.2 Å². The van der Waals surface area contributed by atoms with Gasteiger partial charge in [-0.05, 0) is 29.8 Å². The molecular formula is C15H15N3O. The van der Waals surface area contributed by atoms with Crippen LogP contribution in [0.4, 0.5) is 0 Å². The molecule has 3 aromatic rings. The maximum Gasteiger partial charge on any atom is 0.137 e. The van der Waals surface area contributed by atoms with Crippen molar-refractivity contribution in [3.63, 3.8) is 0 Å². The summed E-state index contributed by atoms with van der Waals surface area (Å²) in [5.41, 5.74) is 9.66. The zero-order chi connectivity index (χ0) is 13.2. The normalized spacial score (nSPS) is 11.0. The minimum Gasteiger partial charge on any atom is -0.508 e. The van der Waals surface area contributed by atoms with Crippen LogP contribution in [0.1, 0.15) is 17.0 Å². The van der Waals surface area contributed by atoms with Gasteiger partial charge >= 0.3 is 0 Å². The SMILES string of the molecule is NCc1cccc2nc(Cc3cccc(O)c3)cn12. The van der Waals surface area contributed by atoms with Gasteiger partial charge in [0.15, 0.2) is 0 Å². The lowest BCUT2D eigenvalue weighted by Crippen LogP contribution is -2.02. The Bertz CT molecular complexity index is 718. The molecule has 4 heteroatoms. The van der Waals surface area contributed by atoms with Crippen molar-refractivity contribution in [3.8, 4) is 5.75 Å². The number of imidazole rings is 1. The molecule has 0 aliphatic rings. The van der Waals surface area contributed by atoms with E-state index in [1.165, 1.54) is 0 Å². The van der Waals surface area contributed by atoms with Gasteiger partial charge in [-0.2, -0.15) is 0 Å². The largest absolute Gasteiger partial charge is 0.508 e. The van der Waals surface area contributed by atoms with Gasteiger partial charge in [-0.3, -0.25) is 0 Å². The van der Waals surface area contributed by atoms with Crippen molar-refractivity contribution in [1.29, 1.82) is 0 Å². The molecule has 0 spiro atoms. The Hall–Kier alpha value is -2.33. The van der Waals surface area contributed by atoms with E-state index in [0.717, 1.165) is 22.6 Å². The van der Waals surface area contributed by atoms with Gasteiger partial charge in [0, 0.05) is 24.9 Å². The van der Waals surface area contributed by atoms with Crippen LogP contribution in [0, 0.1) is 0 Å². The quantitative estimate of drug-likeness (QED) is 0.751. The lowest BCUT2D eigenvalue weighted by molar-refractivity contribution is 0.474. The van der Waals surface area contributed by atoms with Gasteiger partial charge in [0.2, 0.25) is 0 Å². The summed E-state index contributed by atoms with van der Waals surface area (Å²) in [5, 5.41) is 9.47. The van der Waals surface area contributed by atoms with E-state index in [9.17, 15) is 5.11 Å². The fraction of sp³-hybridized carbons (Fsp3) is 0.133. The number of nitrogens with zero attached hydrogens (tertiary/aromatic N) is 2. The zero-order valence-corrected chi connectivity index (χ0v) is 10.5. The average Bonchev–Trinajstić information content (AvgIpc) is 2.80. The van der Waals surface area contributed by atoms with Crippen LogP contribution in [0.2, 0.25) is 0 Å². The van der Waals surface area contributed by atoms with E-state index in [2.05, 4.69) is 4.98 Å². The van der Waals surface area contributed by atoms with E-state index in [-0.39, 0.29) is 5.75 Å². The summed E-state index contributed by atoms with van der Waals surface area (Å²) < 4.78 is 2.01. The monoisotopic (exact) mass is 253 g/mol. The number of aromatic nitrogens is 2. The van der Waals surface area contributed by atoms with E-state index in [1.54, 1.807) is 12.1 Å². The predicted octanol–water partition coefficient (Wildman–Crippen LogP) is 2.09. The maximum absolute atomic E-state index is 9.47. The number of nitrogens with two attached hydrogens (primary N) is 1. The summed E-state index contributed by atoms with van der Waals surface area (Å²) in [6.07, 6.45) is 2.70. The van der Waals surface area contributed by atoms with Gasteiger partial charge in [-0.15, -0.1) is 0 Å². The molecular weight excluding hydrogens is 238 g/mol. The Morgan fingerprint density at radius 2 is 2.00 bits per heavy atom.